The SMILES string of the molecule is CC(C)c1cc(C(C)C)c(S(=O)(=O)N[C@@H](Cc2cccc(C(=N)N)c2)C(=O)N2CCN(S(C)(=O)=O)CC2)c(C(C)C)c1. The second-order valence-electron chi connectivity index (χ2n) is 12.0. The summed E-state index contributed by atoms with van der Waals surface area (Å²) in [4.78, 5) is 15.6. The van der Waals surface area contributed by atoms with Gasteiger partial charge in [0.1, 0.15) is 11.9 Å². The monoisotopic (exact) mass is 619 g/mol. The number of nitrogen functional groups attached to an aromatic ring is 1. The summed E-state index contributed by atoms with van der Waals surface area (Å²) in [6.07, 6.45) is 1.16. The quantitative estimate of drug-likeness (QED) is 0.259. The fourth-order valence-corrected chi connectivity index (χ4v) is 7.90. The number of piperazine rings is 1. The number of amides is 1. The van der Waals surface area contributed by atoms with Crippen LogP contribution in [0.2, 0.25) is 0 Å². The summed E-state index contributed by atoms with van der Waals surface area (Å²) in [5.41, 5.74) is 9.24. The molecule has 1 heterocycles. The van der Waals surface area contributed by atoms with Crippen molar-refractivity contribution in [3.63, 3.8) is 0 Å². The molecule has 10 nitrogen and oxygen atoms in total. The van der Waals surface area contributed by atoms with E-state index in [9.17, 15) is 21.6 Å². The lowest BCUT2D eigenvalue weighted by atomic mass is 9.89. The molecule has 0 saturated carbocycles. The third-order valence-corrected chi connectivity index (χ3v) is 10.5. The molecule has 1 atom stereocenters. The number of carbonyl (C=O) groups excluding carboxylic acids is 1. The molecule has 2 aromatic rings. The van der Waals surface area contributed by atoms with Gasteiger partial charge in [-0.3, -0.25) is 10.2 Å². The first-order chi connectivity index (χ1) is 19.4. The van der Waals surface area contributed by atoms with Crippen LogP contribution in [0.15, 0.2) is 41.3 Å². The van der Waals surface area contributed by atoms with Crippen LogP contribution in [0.25, 0.3) is 0 Å². The smallest absolute Gasteiger partial charge is 0.241 e. The fourth-order valence-electron chi connectivity index (χ4n) is 5.19. The number of nitrogens with zero attached hydrogens (tertiary/aromatic N) is 2. The van der Waals surface area contributed by atoms with Crippen molar-refractivity contribution in [3.8, 4) is 0 Å². The molecule has 1 amide bonds. The van der Waals surface area contributed by atoms with Crippen LogP contribution in [-0.2, 0) is 31.3 Å². The lowest BCUT2D eigenvalue weighted by Crippen LogP contribution is -2.56. The number of benzene rings is 2. The Kier molecular flexibility index (Phi) is 10.6. The molecule has 1 saturated heterocycles. The summed E-state index contributed by atoms with van der Waals surface area (Å²) in [6, 6.07) is 9.57. The number of carbonyl (C=O) groups is 1. The van der Waals surface area contributed by atoms with Gasteiger partial charge in [0.15, 0.2) is 0 Å². The lowest BCUT2D eigenvalue weighted by molar-refractivity contribution is -0.134. The van der Waals surface area contributed by atoms with E-state index in [0.717, 1.165) is 11.8 Å². The molecule has 0 radical (unpaired) electrons. The van der Waals surface area contributed by atoms with E-state index in [2.05, 4.69) is 18.6 Å². The molecule has 3 rings (SSSR count). The molecule has 12 heteroatoms. The van der Waals surface area contributed by atoms with E-state index < -0.39 is 32.0 Å². The number of hydrogen-bond acceptors (Lipinski definition) is 6. The highest BCUT2D eigenvalue weighted by atomic mass is 32.2. The molecule has 42 heavy (non-hydrogen) atoms. The first-order valence-electron chi connectivity index (χ1n) is 14.3. The van der Waals surface area contributed by atoms with Gasteiger partial charge in [-0.25, -0.2) is 16.8 Å². The van der Waals surface area contributed by atoms with Gasteiger partial charge in [-0.15, -0.1) is 0 Å². The van der Waals surface area contributed by atoms with Gasteiger partial charge < -0.3 is 10.6 Å². The van der Waals surface area contributed by atoms with Crippen LogP contribution in [0.5, 0.6) is 0 Å². The van der Waals surface area contributed by atoms with Crippen molar-refractivity contribution < 1.29 is 21.6 Å². The summed E-state index contributed by atoms with van der Waals surface area (Å²) >= 11 is 0. The van der Waals surface area contributed by atoms with Crippen molar-refractivity contribution in [2.75, 3.05) is 32.4 Å². The molecule has 1 aliphatic rings. The zero-order chi connectivity index (χ0) is 31.6. The van der Waals surface area contributed by atoms with Crippen molar-refractivity contribution >= 4 is 31.8 Å². The van der Waals surface area contributed by atoms with Gasteiger partial charge in [0.05, 0.1) is 11.2 Å². The molecule has 0 aliphatic carbocycles. The number of sulfonamides is 2. The Bertz CT molecular complexity index is 1500. The average Bonchev–Trinajstić information content (AvgIpc) is 2.91. The lowest BCUT2D eigenvalue weighted by Gasteiger charge is -2.35. The average molecular weight is 620 g/mol. The highest BCUT2D eigenvalue weighted by Gasteiger charge is 2.35. The van der Waals surface area contributed by atoms with Gasteiger partial charge in [-0.1, -0.05) is 71.9 Å². The van der Waals surface area contributed by atoms with Crippen LogP contribution in [0, 0.1) is 5.41 Å². The van der Waals surface area contributed by atoms with Crippen LogP contribution in [0.4, 0.5) is 0 Å². The van der Waals surface area contributed by atoms with E-state index in [-0.39, 0.29) is 61.1 Å². The van der Waals surface area contributed by atoms with Crippen molar-refractivity contribution in [3.05, 3.63) is 64.2 Å². The van der Waals surface area contributed by atoms with Crippen LogP contribution in [0.3, 0.4) is 0 Å². The normalized spacial score (nSPS) is 15.9. The van der Waals surface area contributed by atoms with Crippen molar-refractivity contribution in [1.82, 2.24) is 13.9 Å². The predicted molar refractivity (Wildman–Crippen MR) is 167 cm³/mol. The van der Waals surface area contributed by atoms with E-state index in [1.165, 1.54) is 9.21 Å². The Morgan fingerprint density at radius 2 is 1.45 bits per heavy atom. The third kappa shape index (κ3) is 7.97. The van der Waals surface area contributed by atoms with Gasteiger partial charge in [0.2, 0.25) is 26.0 Å². The third-order valence-electron chi connectivity index (χ3n) is 7.64. The standard InChI is InChI=1S/C30H45N5O5S2/c1-19(2)24-17-25(20(3)4)28(26(18-24)21(5)6)42(39,40)33-27(16-22-9-8-10-23(15-22)29(31)32)30(36)34-11-13-35(14-12-34)41(7,37)38/h8-10,15,17-21,27,33H,11-14,16H2,1-7H3,(H3,31,32)/t27-/m0/s1. The minimum Gasteiger partial charge on any atom is -0.384 e. The summed E-state index contributed by atoms with van der Waals surface area (Å²) < 4.78 is 56.7. The Balaban J connectivity index is 2.08. The van der Waals surface area contributed by atoms with Crippen LogP contribution in [-0.4, -0.2) is 76.3 Å². The Hall–Kier alpha value is -2.80. The summed E-state index contributed by atoms with van der Waals surface area (Å²) in [6.45, 7) is 12.5. The maximum atomic E-state index is 14.3. The fraction of sp³-hybridized carbons (Fsp3) is 0.533. The summed E-state index contributed by atoms with van der Waals surface area (Å²) in [7, 11) is -7.59. The van der Waals surface area contributed by atoms with Crippen LogP contribution < -0.4 is 10.5 Å². The number of nitrogens with one attached hydrogen (secondary N) is 2. The first-order valence-corrected chi connectivity index (χ1v) is 17.6. The molecule has 1 fully saturated rings. The number of hydrogen-bond donors (Lipinski definition) is 3. The van der Waals surface area contributed by atoms with Gasteiger partial charge >= 0.3 is 0 Å². The maximum absolute atomic E-state index is 14.3. The Labute approximate surface area is 251 Å². The van der Waals surface area contributed by atoms with Gasteiger partial charge in [-0.05, 0) is 52.5 Å². The number of rotatable bonds is 11. The van der Waals surface area contributed by atoms with Crippen molar-refractivity contribution in [2.45, 2.75) is 76.7 Å². The summed E-state index contributed by atoms with van der Waals surface area (Å²) in [5, 5.41) is 7.80. The van der Waals surface area contributed by atoms with E-state index in [4.69, 9.17) is 11.1 Å². The minimum atomic E-state index is -4.19. The second kappa shape index (κ2) is 13.2. The van der Waals surface area contributed by atoms with E-state index >= 15 is 0 Å². The molecule has 0 bridgehead atoms. The first kappa shape index (κ1) is 33.7. The zero-order valence-corrected chi connectivity index (χ0v) is 27.3. The van der Waals surface area contributed by atoms with Crippen molar-refractivity contribution in [2.24, 2.45) is 5.73 Å². The summed E-state index contributed by atoms with van der Waals surface area (Å²) in [5.74, 6) is -0.531. The molecule has 0 unspecified atom stereocenters. The molecule has 2 aromatic carbocycles. The van der Waals surface area contributed by atoms with E-state index in [1.807, 2.05) is 39.8 Å². The Morgan fingerprint density at radius 3 is 1.90 bits per heavy atom. The van der Waals surface area contributed by atoms with E-state index in [0.29, 0.717) is 22.3 Å². The van der Waals surface area contributed by atoms with Gasteiger partial charge in [0.25, 0.3) is 0 Å². The zero-order valence-electron chi connectivity index (χ0n) is 25.6. The van der Waals surface area contributed by atoms with Crippen molar-refractivity contribution in [1.29, 1.82) is 5.41 Å². The molecule has 232 valence electrons. The second-order valence-corrected chi connectivity index (χ2v) is 15.6. The number of nitrogens with two attached hydrogens (primary N) is 1. The van der Waals surface area contributed by atoms with Gasteiger partial charge in [-0.2, -0.15) is 9.03 Å². The molecule has 1 aliphatic heterocycles. The van der Waals surface area contributed by atoms with Gasteiger partial charge in [0, 0.05) is 31.7 Å². The largest absolute Gasteiger partial charge is 0.384 e. The highest BCUT2D eigenvalue weighted by Crippen LogP contribution is 2.35. The highest BCUT2D eigenvalue weighted by molar-refractivity contribution is 7.89. The molecular formula is C30H45N5O5S2. The van der Waals surface area contributed by atoms with Crippen LogP contribution >= 0.6 is 0 Å². The molecule has 0 aromatic heterocycles. The number of amidine groups is 1. The predicted octanol–water partition coefficient (Wildman–Crippen LogP) is 3.33. The van der Waals surface area contributed by atoms with E-state index in [1.54, 1.807) is 24.3 Å². The molecular weight excluding hydrogens is 574 g/mol. The molecule has 4 N–H and O–H groups in total. The molecule has 0 spiro atoms. The minimum absolute atomic E-state index is 0.0313. The Morgan fingerprint density at radius 1 is 0.905 bits per heavy atom. The van der Waals surface area contributed by atoms with Crippen LogP contribution in [0.1, 0.15) is 87.1 Å². The maximum Gasteiger partial charge on any atom is 0.241 e. The topological polar surface area (TPSA) is 154 Å².